The molecule has 0 radical (unpaired) electrons. The number of hydrogen-bond acceptors (Lipinski definition) is 3. The second kappa shape index (κ2) is 6.81. The molecule has 18 heavy (non-hydrogen) atoms. The van der Waals surface area contributed by atoms with Gasteiger partial charge < -0.3 is 10.6 Å². The van der Waals surface area contributed by atoms with Gasteiger partial charge in [0.2, 0.25) is 5.91 Å². The highest BCUT2D eigenvalue weighted by atomic mass is 32.2. The lowest BCUT2D eigenvalue weighted by Gasteiger charge is -2.11. The maximum absolute atomic E-state index is 12.0. The molecule has 3 nitrogen and oxygen atoms in total. The average molecular weight is 264 g/mol. The third-order valence-corrected chi connectivity index (χ3v) is 3.99. The molecule has 1 aromatic carbocycles. The quantitative estimate of drug-likeness (QED) is 0.859. The fourth-order valence-corrected chi connectivity index (χ4v) is 2.72. The second-order valence-corrected chi connectivity index (χ2v) is 5.75. The van der Waals surface area contributed by atoms with Gasteiger partial charge in [-0.2, -0.15) is 11.8 Å². The van der Waals surface area contributed by atoms with Crippen molar-refractivity contribution in [2.24, 2.45) is 0 Å². The third-order valence-electron chi connectivity index (χ3n) is 3.04. The summed E-state index contributed by atoms with van der Waals surface area (Å²) in [6, 6.07) is 8.11. The van der Waals surface area contributed by atoms with Crippen LogP contribution in [0.2, 0.25) is 0 Å². The first-order valence-electron chi connectivity index (χ1n) is 6.50. The topological polar surface area (TPSA) is 41.1 Å². The van der Waals surface area contributed by atoms with Crippen LogP contribution in [0.15, 0.2) is 24.3 Å². The van der Waals surface area contributed by atoms with E-state index < -0.39 is 0 Å². The van der Waals surface area contributed by atoms with Gasteiger partial charge in [0.1, 0.15) is 0 Å². The molecule has 2 rings (SSSR count). The summed E-state index contributed by atoms with van der Waals surface area (Å²) in [4.78, 5) is 12.0. The first kappa shape index (κ1) is 13.4. The zero-order valence-corrected chi connectivity index (χ0v) is 11.6. The lowest BCUT2D eigenvalue weighted by Crippen LogP contribution is -2.35. The van der Waals surface area contributed by atoms with E-state index in [1.54, 1.807) is 0 Å². The number of thioether (sulfide) groups is 1. The van der Waals surface area contributed by atoms with E-state index in [-0.39, 0.29) is 11.9 Å². The maximum Gasteiger partial charge on any atom is 0.241 e. The number of benzene rings is 1. The summed E-state index contributed by atoms with van der Waals surface area (Å²) in [5.74, 6) is 2.21. The number of anilines is 1. The standard InChI is InChI=1S/C14H20N2OS/c1-2-18-10-11-5-3-6-12(9-11)16-14(17)13-7-4-8-15-13/h3,5-6,9,13,15H,2,4,7-8,10H2,1H3,(H,16,17)/t13-/m0/s1. The normalized spacial score (nSPS) is 18.8. The summed E-state index contributed by atoms with van der Waals surface area (Å²) in [5.41, 5.74) is 2.17. The van der Waals surface area contributed by atoms with Gasteiger partial charge in [0.15, 0.2) is 0 Å². The minimum Gasteiger partial charge on any atom is -0.325 e. The monoisotopic (exact) mass is 264 g/mol. The van der Waals surface area contributed by atoms with Crippen LogP contribution in [0.25, 0.3) is 0 Å². The number of nitrogens with one attached hydrogen (secondary N) is 2. The Morgan fingerprint density at radius 3 is 3.17 bits per heavy atom. The average Bonchev–Trinajstić information content (AvgIpc) is 2.91. The van der Waals surface area contributed by atoms with Crippen LogP contribution in [0.4, 0.5) is 5.69 Å². The van der Waals surface area contributed by atoms with Gasteiger partial charge in [-0.3, -0.25) is 4.79 Å². The van der Waals surface area contributed by atoms with Crippen LogP contribution in [0, 0.1) is 0 Å². The molecule has 98 valence electrons. The minimum absolute atomic E-state index is 0.0151. The van der Waals surface area contributed by atoms with E-state index in [4.69, 9.17) is 0 Å². The summed E-state index contributed by atoms with van der Waals surface area (Å²) < 4.78 is 0. The molecule has 1 heterocycles. The molecule has 1 aliphatic heterocycles. The van der Waals surface area contributed by atoms with Crippen LogP contribution < -0.4 is 10.6 Å². The van der Waals surface area contributed by atoms with Crippen molar-refractivity contribution < 1.29 is 4.79 Å². The molecule has 2 N–H and O–H groups in total. The Kier molecular flexibility index (Phi) is 5.08. The number of carbonyl (C=O) groups excluding carboxylic acids is 1. The minimum atomic E-state index is -0.0151. The zero-order valence-electron chi connectivity index (χ0n) is 10.7. The van der Waals surface area contributed by atoms with E-state index in [2.05, 4.69) is 29.7 Å². The van der Waals surface area contributed by atoms with Gasteiger partial charge in [-0.1, -0.05) is 19.1 Å². The van der Waals surface area contributed by atoms with Crippen molar-refractivity contribution in [3.63, 3.8) is 0 Å². The molecule has 1 aromatic rings. The number of carbonyl (C=O) groups is 1. The van der Waals surface area contributed by atoms with Gasteiger partial charge in [-0.25, -0.2) is 0 Å². The molecule has 1 atom stereocenters. The third kappa shape index (κ3) is 3.75. The molecule has 0 saturated carbocycles. The predicted octanol–water partition coefficient (Wildman–Crippen LogP) is 2.63. The van der Waals surface area contributed by atoms with Crippen molar-refractivity contribution in [3.8, 4) is 0 Å². The Balaban J connectivity index is 1.93. The van der Waals surface area contributed by atoms with Gasteiger partial charge >= 0.3 is 0 Å². The van der Waals surface area contributed by atoms with Gasteiger partial charge in [0, 0.05) is 11.4 Å². The van der Waals surface area contributed by atoms with E-state index in [9.17, 15) is 4.79 Å². The Bertz CT molecular complexity index is 403. The van der Waals surface area contributed by atoms with Crippen LogP contribution in [0.1, 0.15) is 25.3 Å². The van der Waals surface area contributed by atoms with Gasteiger partial charge in [-0.15, -0.1) is 0 Å². The SMILES string of the molecule is CCSCc1cccc(NC(=O)[C@@H]2CCCN2)c1. The highest BCUT2D eigenvalue weighted by Crippen LogP contribution is 2.17. The smallest absolute Gasteiger partial charge is 0.241 e. The molecular formula is C14H20N2OS. The lowest BCUT2D eigenvalue weighted by molar-refractivity contribution is -0.117. The number of rotatable bonds is 5. The molecule has 1 amide bonds. The first-order chi connectivity index (χ1) is 8.79. The Morgan fingerprint density at radius 2 is 2.44 bits per heavy atom. The van der Waals surface area contributed by atoms with Crippen molar-refractivity contribution in [2.45, 2.75) is 31.6 Å². The molecule has 1 saturated heterocycles. The van der Waals surface area contributed by atoms with Crippen LogP contribution >= 0.6 is 11.8 Å². The highest BCUT2D eigenvalue weighted by Gasteiger charge is 2.21. The summed E-state index contributed by atoms with van der Waals surface area (Å²) in [6.45, 7) is 3.10. The van der Waals surface area contributed by atoms with E-state index in [0.29, 0.717) is 0 Å². The van der Waals surface area contributed by atoms with Crippen molar-refractivity contribution in [2.75, 3.05) is 17.6 Å². The van der Waals surface area contributed by atoms with E-state index >= 15 is 0 Å². The fourth-order valence-electron chi connectivity index (χ4n) is 2.10. The zero-order chi connectivity index (χ0) is 12.8. The summed E-state index contributed by atoms with van der Waals surface area (Å²) in [6.07, 6.45) is 2.03. The lowest BCUT2D eigenvalue weighted by atomic mass is 10.2. The molecule has 1 aliphatic rings. The van der Waals surface area contributed by atoms with Crippen molar-refractivity contribution in [1.82, 2.24) is 5.32 Å². The molecular weight excluding hydrogens is 244 g/mol. The Labute approximate surface area is 113 Å². The second-order valence-electron chi connectivity index (χ2n) is 4.48. The molecule has 0 spiro atoms. The van der Waals surface area contributed by atoms with Gasteiger partial charge in [0.25, 0.3) is 0 Å². The van der Waals surface area contributed by atoms with Crippen molar-refractivity contribution in [1.29, 1.82) is 0 Å². The summed E-state index contributed by atoms with van der Waals surface area (Å²) >= 11 is 1.89. The van der Waals surface area contributed by atoms with E-state index in [1.807, 2.05) is 23.9 Å². The van der Waals surface area contributed by atoms with Crippen LogP contribution in [0.5, 0.6) is 0 Å². The first-order valence-corrected chi connectivity index (χ1v) is 7.66. The largest absolute Gasteiger partial charge is 0.325 e. The van der Waals surface area contributed by atoms with Crippen molar-refractivity contribution in [3.05, 3.63) is 29.8 Å². The summed E-state index contributed by atoms with van der Waals surface area (Å²) in [7, 11) is 0. The Hall–Kier alpha value is -1.00. The highest BCUT2D eigenvalue weighted by molar-refractivity contribution is 7.98. The number of amides is 1. The van der Waals surface area contributed by atoms with Crippen molar-refractivity contribution >= 4 is 23.4 Å². The van der Waals surface area contributed by atoms with Gasteiger partial charge in [-0.05, 0) is 42.8 Å². The van der Waals surface area contributed by atoms with Gasteiger partial charge in [0.05, 0.1) is 6.04 Å². The summed E-state index contributed by atoms with van der Waals surface area (Å²) in [5, 5.41) is 6.20. The maximum atomic E-state index is 12.0. The molecule has 0 unspecified atom stereocenters. The predicted molar refractivity (Wildman–Crippen MR) is 77.9 cm³/mol. The van der Waals surface area contributed by atoms with Crippen LogP contribution in [0.3, 0.4) is 0 Å². The van der Waals surface area contributed by atoms with Crippen LogP contribution in [-0.4, -0.2) is 24.2 Å². The molecule has 0 aromatic heterocycles. The fraction of sp³-hybridized carbons (Fsp3) is 0.500. The number of hydrogen-bond donors (Lipinski definition) is 2. The van der Waals surface area contributed by atoms with Crippen LogP contribution in [-0.2, 0) is 10.5 Å². The molecule has 4 heteroatoms. The van der Waals surface area contributed by atoms with E-state index in [1.165, 1.54) is 5.56 Å². The molecule has 1 fully saturated rings. The molecule has 0 bridgehead atoms. The van der Waals surface area contributed by atoms with E-state index in [0.717, 1.165) is 36.6 Å². The molecule has 0 aliphatic carbocycles. The Morgan fingerprint density at radius 1 is 1.56 bits per heavy atom.